The Labute approximate surface area is 215 Å². The van der Waals surface area contributed by atoms with Crippen LogP contribution in [-0.2, 0) is 22.3 Å². The van der Waals surface area contributed by atoms with Crippen LogP contribution in [0.15, 0.2) is 23.0 Å². The van der Waals surface area contributed by atoms with Crippen molar-refractivity contribution < 1.29 is 9.53 Å². The number of hydrogen-bond acceptors (Lipinski definition) is 8. The lowest BCUT2D eigenvalue weighted by Gasteiger charge is -2.40. The summed E-state index contributed by atoms with van der Waals surface area (Å²) in [5.41, 5.74) is 10.5. The van der Waals surface area contributed by atoms with E-state index in [2.05, 4.69) is 25.8 Å². The number of aromatic nitrogens is 2. The molecule has 0 aliphatic carbocycles. The molecule has 1 amide bonds. The van der Waals surface area contributed by atoms with E-state index in [0.29, 0.717) is 11.5 Å². The van der Waals surface area contributed by atoms with Crippen LogP contribution in [0.25, 0.3) is 0 Å². The van der Waals surface area contributed by atoms with Crippen molar-refractivity contribution >= 4 is 29.3 Å². The molecule has 1 spiro atoms. The van der Waals surface area contributed by atoms with Gasteiger partial charge in [0.1, 0.15) is 0 Å². The van der Waals surface area contributed by atoms with Crippen molar-refractivity contribution in [1.82, 2.24) is 14.9 Å². The van der Waals surface area contributed by atoms with Gasteiger partial charge in [0.05, 0.1) is 18.9 Å². The third kappa shape index (κ3) is 4.39. The number of hydrogen-bond donors (Lipinski definition) is 2. The highest BCUT2D eigenvalue weighted by atomic mass is 32.2. The summed E-state index contributed by atoms with van der Waals surface area (Å²) in [5, 5.41) is 0. The number of benzene rings is 1. The highest BCUT2D eigenvalue weighted by Gasteiger charge is 2.45. The lowest BCUT2D eigenvalue weighted by Crippen LogP contribution is -2.47. The number of nitrogens with zero attached hydrogens (tertiary/aromatic N) is 4. The van der Waals surface area contributed by atoms with Crippen molar-refractivity contribution in [2.45, 2.75) is 30.4 Å². The third-order valence-corrected chi connectivity index (χ3v) is 9.30. The maximum atomic E-state index is 12.7. The van der Waals surface area contributed by atoms with Gasteiger partial charge in [0.2, 0.25) is 11.9 Å². The monoisotopic (exact) mass is 510 g/mol. The van der Waals surface area contributed by atoms with Crippen molar-refractivity contribution in [3.05, 3.63) is 50.9 Å². The zero-order valence-electron chi connectivity index (χ0n) is 20.6. The van der Waals surface area contributed by atoms with Gasteiger partial charge in [-0.25, -0.2) is 4.98 Å². The fourth-order valence-corrected chi connectivity index (χ4v) is 7.15. The number of primary amides is 1. The predicted molar refractivity (Wildman–Crippen MR) is 142 cm³/mol. The Morgan fingerprint density at radius 1 is 1.17 bits per heavy atom. The van der Waals surface area contributed by atoms with Crippen molar-refractivity contribution in [3.63, 3.8) is 0 Å². The number of aryl methyl sites for hydroxylation is 1. The number of amides is 1. The Kier molecular flexibility index (Phi) is 6.43. The minimum atomic E-state index is -0.387. The first kappa shape index (κ1) is 23.8. The van der Waals surface area contributed by atoms with E-state index in [1.807, 2.05) is 12.1 Å². The number of morpholine rings is 1. The molecule has 192 valence electrons. The molecule has 0 unspecified atom stereocenters. The number of anilines is 2. The van der Waals surface area contributed by atoms with E-state index in [-0.39, 0.29) is 16.9 Å². The van der Waals surface area contributed by atoms with Crippen LogP contribution in [0.2, 0.25) is 0 Å². The molecule has 0 saturated carbocycles. The molecule has 1 aromatic carbocycles. The van der Waals surface area contributed by atoms with Gasteiger partial charge < -0.3 is 20.3 Å². The molecule has 2 saturated heterocycles. The van der Waals surface area contributed by atoms with Gasteiger partial charge in [-0.05, 0) is 42.7 Å². The van der Waals surface area contributed by atoms with Gasteiger partial charge in [-0.2, -0.15) is 11.8 Å². The van der Waals surface area contributed by atoms with Crippen LogP contribution < -0.4 is 21.1 Å². The SMILES string of the molecule is NC(=O)c1ccc2c(c1)N(CCN1CCOCC1)CC21CCN(c2nc3c(c(=O)[nH]2)CSCC3)CC1. The first-order valence-electron chi connectivity index (χ1n) is 13.0. The number of piperidine rings is 1. The average molecular weight is 511 g/mol. The molecular weight excluding hydrogens is 476 g/mol. The second kappa shape index (κ2) is 9.72. The fourth-order valence-electron chi connectivity index (χ4n) is 6.17. The van der Waals surface area contributed by atoms with Crippen LogP contribution in [0.3, 0.4) is 0 Å². The summed E-state index contributed by atoms with van der Waals surface area (Å²) in [6.45, 7) is 8.02. The molecule has 9 nitrogen and oxygen atoms in total. The third-order valence-electron chi connectivity index (χ3n) is 8.32. The summed E-state index contributed by atoms with van der Waals surface area (Å²) < 4.78 is 5.50. The molecule has 2 fully saturated rings. The van der Waals surface area contributed by atoms with Crippen LogP contribution in [-0.4, -0.2) is 85.6 Å². The van der Waals surface area contributed by atoms with E-state index >= 15 is 0 Å². The maximum absolute atomic E-state index is 12.7. The molecule has 3 N–H and O–H groups in total. The highest BCUT2D eigenvalue weighted by Crippen LogP contribution is 2.47. The Morgan fingerprint density at radius 3 is 2.75 bits per heavy atom. The predicted octanol–water partition coefficient (Wildman–Crippen LogP) is 1.35. The van der Waals surface area contributed by atoms with Crippen LogP contribution >= 0.6 is 11.8 Å². The van der Waals surface area contributed by atoms with Gasteiger partial charge in [0.25, 0.3) is 5.56 Å². The van der Waals surface area contributed by atoms with Crippen molar-refractivity contribution in [1.29, 1.82) is 0 Å². The number of nitrogens with two attached hydrogens (primary N) is 1. The number of ether oxygens (including phenoxy) is 1. The number of thioether (sulfide) groups is 1. The molecule has 0 bridgehead atoms. The first-order chi connectivity index (χ1) is 17.5. The van der Waals surface area contributed by atoms with Gasteiger partial charge >= 0.3 is 0 Å². The second-order valence-electron chi connectivity index (χ2n) is 10.4. The number of aromatic amines is 1. The Bertz CT molecular complexity index is 1200. The van der Waals surface area contributed by atoms with Crippen molar-refractivity contribution in [2.24, 2.45) is 5.73 Å². The van der Waals surface area contributed by atoms with E-state index in [4.69, 9.17) is 15.5 Å². The Morgan fingerprint density at radius 2 is 1.97 bits per heavy atom. The number of nitrogens with one attached hydrogen (secondary N) is 1. The van der Waals surface area contributed by atoms with E-state index in [0.717, 1.165) is 107 Å². The normalized spacial score (nSPS) is 21.4. The summed E-state index contributed by atoms with van der Waals surface area (Å²) in [6.07, 6.45) is 2.81. The molecule has 4 aliphatic heterocycles. The zero-order chi connectivity index (χ0) is 24.7. The molecular formula is C26H34N6O3S. The standard InChI is InChI=1S/C26H34N6O3S/c27-23(33)18-1-2-20-22(15-18)32(9-8-30-10-12-35-13-11-30)17-26(20)4-6-31(7-5-26)25-28-21-3-14-36-16-19(21)24(34)29-25/h1-2,15H,3-14,16-17H2,(H2,27,33)(H,28,29,34). The van der Waals surface area contributed by atoms with Gasteiger partial charge in [0.15, 0.2) is 0 Å². The molecule has 0 radical (unpaired) electrons. The quantitative estimate of drug-likeness (QED) is 0.621. The molecule has 0 atom stereocenters. The topological polar surface area (TPSA) is 108 Å². The average Bonchev–Trinajstić information content (AvgIpc) is 3.20. The smallest absolute Gasteiger partial charge is 0.256 e. The van der Waals surface area contributed by atoms with E-state index < -0.39 is 0 Å². The lowest BCUT2D eigenvalue weighted by atomic mass is 9.74. The number of carbonyl (C=O) groups excluding carboxylic acids is 1. The maximum Gasteiger partial charge on any atom is 0.256 e. The Balaban J connectivity index is 1.22. The summed E-state index contributed by atoms with van der Waals surface area (Å²) in [7, 11) is 0. The summed E-state index contributed by atoms with van der Waals surface area (Å²) >= 11 is 1.80. The van der Waals surface area contributed by atoms with Gasteiger partial charge in [0, 0.05) is 73.8 Å². The number of carbonyl (C=O) groups is 1. The lowest BCUT2D eigenvalue weighted by molar-refractivity contribution is 0.0391. The van der Waals surface area contributed by atoms with Crippen LogP contribution in [0.5, 0.6) is 0 Å². The zero-order valence-corrected chi connectivity index (χ0v) is 21.4. The van der Waals surface area contributed by atoms with E-state index in [9.17, 15) is 9.59 Å². The minimum absolute atomic E-state index is 0.0157. The van der Waals surface area contributed by atoms with Crippen LogP contribution in [0, 0.1) is 0 Å². The molecule has 4 aliphatic rings. The summed E-state index contributed by atoms with van der Waals surface area (Å²) in [6, 6.07) is 5.98. The van der Waals surface area contributed by atoms with Crippen LogP contribution in [0.1, 0.15) is 40.0 Å². The number of rotatable bonds is 5. The van der Waals surface area contributed by atoms with Gasteiger partial charge in [-0.1, -0.05) is 6.07 Å². The van der Waals surface area contributed by atoms with E-state index in [1.54, 1.807) is 11.8 Å². The van der Waals surface area contributed by atoms with Crippen LogP contribution in [0.4, 0.5) is 11.6 Å². The minimum Gasteiger partial charge on any atom is -0.379 e. The van der Waals surface area contributed by atoms with Gasteiger partial charge in [-0.3, -0.25) is 19.5 Å². The van der Waals surface area contributed by atoms with Crippen molar-refractivity contribution in [2.75, 3.05) is 74.6 Å². The second-order valence-corrected chi connectivity index (χ2v) is 11.5. The largest absolute Gasteiger partial charge is 0.379 e. The molecule has 5 heterocycles. The summed E-state index contributed by atoms with van der Waals surface area (Å²) in [4.78, 5) is 39.7. The fraction of sp³-hybridized carbons (Fsp3) is 0.577. The Hall–Kier alpha value is -2.56. The molecule has 6 rings (SSSR count). The number of H-pyrrole nitrogens is 1. The summed E-state index contributed by atoms with van der Waals surface area (Å²) in [5.74, 6) is 2.11. The van der Waals surface area contributed by atoms with Gasteiger partial charge in [-0.15, -0.1) is 0 Å². The molecule has 2 aromatic rings. The molecule has 10 heteroatoms. The van der Waals surface area contributed by atoms with E-state index in [1.165, 1.54) is 5.56 Å². The molecule has 36 heavy (non-hydrogen) atoms. The molecule has 1 aromatic heterocycles. The number of fused-ring (bicyclic) bond motifs is 3. The van der Waals surface area contributed by atoms with Crippen molar-refractivity contribution in [3.8, 4) is 0 Å². The first-order valence-corrected chi connectivity index (χ1v) is 14.1. The highest BCUT2D eigenvalue weighted by molar-refractivity contribution is 7.98.